The number of urea groups is 1. The summed E-state index contributed by atoms with van der Waals surface area (Å²) in [5, 5.41) is 11.5. The molecule has 6 heteroatoms. The predicted molar refractivity (Wildman–Crippen MR) is 79.2 cm³/mol. The van der Waals surface area contributed by atoms with Crippen molar-refractivity contribution in [1.82, 2.24) is 9.88 Å². The van der Waals surface area contributed by atoms with Gasteiger partial charge >= 0.3 is 12.0 Å². The van der Waals surface area contributed by atoms with Crippen molar-refractivity contribution in [1.29, 1.82) is 0 Å². The molecule has 1 aromatic heterocycles. The first-order valence-electron chi connectivity index (χ1n) is 7.21. The summed E-state index contributed by atoms with van der Waals surface area (Å²) < 4.78 is 0. The molecule has 0 spiro atoms. The molecule has 2 rings (SSSR count). The van der Waals surface area contributed by atoms with E-state index in [2.05, 4.69) is 24.1 Å². The summed E-state index contributed by atoms with van der Waals surface area (Å²) in [6, 6.07) is 3.47. The Kier molecular flexibility index (Phi) is 4.77. The van der Waals surface area contributed by atoms with Gasteiger partial charge in [0.2, 0.25) is 0 Å². The summed E-state index contributed by atoms with van der Waals surface area (Å²) in [4.78, 5) is 28.8. The van der Waals surface area contributed by atoms with Crippen LogP contribution in [0.5, 0.6) is 0 Å². The monoisotopic (exact) mass is 291 g/mol. The molecule has 0 aliphatic carbocycles. The van der Waals surface area contributed by atoms with Gasteiger partial charge in [-0.05, 0) is 30.9 Å². The van der Waals surface area contributed by atoms with E-state index in [0.29, 0.717) is 17.3 Å². The van der Waals surface area contributed by atoms with Crippen LogP contribution >= 0.6 is 0 Å². The van der Waals surface area contributed by atoms with Crippen LogP contribution in [0.15, 0.2) is 18.3 Å². The molecule has 0 saturated carbocycles. The molecule has 0 aromatic carbocycles. The molecule has 1 fully saturated rings. The lowest BCUT2D eigenvalue weighted by Gasteiger charge is -2.27. The van der Waals surface area contributed by atoms with Gasteiger partial charge in [0.1, 0.15) is 0 Å². The second-order valence-electron chi connectivity index (χ2n) is 5.69. The fraction of sp³-hybridized carbons (Fsp3) is 0.533. The van der Waals surface area contributed by atoms with Crippen LogP contribution in [-0.2, 0) is 11.2 Å². The van der Waals surface area contributed by atoms with Crippen molar-refractivity contribution in [2.24, 2.45) is 5.92 Å². The maximum atomic E-state index is 12.3. The molecule has 2 N–H and O–H groups in total. The van der Waals surface area contributed by atoms with Gasteiger partial charge in [-0.2, -0.15) is 0 Å². The first kappa shape index (κ1) is 15.3. The number of rotatable bonds is 4. The molecule has 1 aliphatic rings. The lowest BCUT2D eigenvalue weighted by atomic mass is 10.0. The maximum absolute atomic E-state index is 12.3. The quantitative estimate of drug-likeness (QED) is 0.892. The average Bonchev–Trinajstić information content (AvgIpc) is 2.90. The topological polar surface area (TPSA) is 82.5 Å². The van der Waals surface area contributed by atoms with E-state index in [-0.39, 0.29) is 18.5 Å². The largest absolute Gasteiger partial charge is 0.481 e. The van der Waals surface area contributed by atoms with Crippen molar-refractivity contribution in [2.75, 3.05) is 11.9 Å². The maximum Gasteiger partial charge on any atom is 0.322 e. The number of amides is 2. The molecule has 2 amide bonds. The fourth-order valence-electron chi connectivity index (χ4n) is 2.69. The van der Waals surface area contributed by atoms with Crippen molar-refractivity contribution in [2.45, 2.75) is 39.2 Å². The number of pyridine rings is 1. The normalized spacial score (nSPS) is 18.0. The number of carbonyl (C=O) groups excluding carboxylic acids is 1. The van der Waals surface area contributed by atoms with Crippen LogP contribution in [0.1, 0.15) is 32.4 Å². The zero-order valence-electron chi connectivity index (χ0n) is 12.4. The Morgan fingerprint density at radius 2 is 2.24 bits per heavy atom. The van der Waals surface area contributed by atoms with E-state index < -0.39 is 5.97 Å². The van der Waals surface area contributed by atoms with E-state index in [1.54, 1.807) is 12.1 Å². The first-order valence-corrected chi connectivity index (χ1v) is 7.21. The second kappa shape index (κ2) is 6.56. The van der Waals surface area contributed by atoms with E-state index in [4.69, 9.17) is 5.11 Å². The third kappa shape index (κ3) is 3.93. The van der Waals surface area contributed by atoms with Gasteiger partial charge in [-0.1, -0.05) is 13.8 Å². The molecular weight excluding hydrogens is 270 g/mol. The predicted octanol–water partition coefficient (Wildman–Crippen LogP) is 2.36. The van der Waals surface area contributed by atoms with Crippen molar-refractivity contribution in [3.8, 4) is 0 Å². The molecule has 1 saturated heterocycles. The minimum atomic E-state index is -0.920. The third-order valence-electron chi connectivity index (χ3n) is 3.74. The van der Waals surface area contributed by atoms with E-state index in [1.807, 2.05) is 4.90 Å². The summed E-state index contributed by atoms with van der Waals surface area (Å²) in [6.45, 7) is 5.02. The Hall–Kier alpha value is -2.11. The lowest BCUT2D eigenvalue weighted by Crippen LogP contribution is -2.41. The number of nitrogens with zero attached hydrogens (tertiary/aromatic N) is 2. The zero-order valence-corrected chi connectivity index (χ0v) is 12.4. The number of carbonyl (C=O) groups is 2. The summed E-state index contributed by atoms with van der Waals surface area (Å²) in [5.74, 6) is -0.481. The Morgan fingerprint density at radius 1 is 1.48 bits per heavy atom. The highest BCUT2D eigenvalue weighted by atomic mass is 16.4. The van der Waals surface area contributed by atoms with Crippen molar-refractivity contribution in [3.63, 3.8) is 0 Å². The van der Waals surface area contributed by atoms with Crippen LogP contribution in [0.3, 0.4) is 0 Å². The van der Waals surface area contributed by atoms with E-state index in [0.717, 1.165) is 19.4 Å². The number of anilines is 1. The highest BCUT2D eigenvalue weighted by Crippen LogP contribution is 2.24. The van der Waals surface area contributed by atoms with Crippen molar-refractivity contribution in [3.05, 3.63) is 24.0 Å². The first-order chi connectivity index (χ1) is 9.97. The number of carboxylic acids is 1. The second-order valence-corrected chi connectivity index (χ2v) is 5.69. The van der Waals surface area contributed by atoms with Gasteiger partial charge in [-0.25, -0.2) is 4.79 Å². The molecule has 2 heterocycles. The molecule has 0 radical (unpaired) electrons. The van der Waals surface area contributed by atoms with Gasteiger partial charge in [0.15, 0.2) is 0 Å². The molecule has 1 atom stereocenters. The van der Waals surface area contributed by atoms with Crippen molar-refractivity contribution < 1.29 is 14.7 Å². The Bertz CT molecular complexity index is 513. The Labute approximate surface area is 124 Å². The third-order valence-corrected chi connectivity index (χ3v) is 3.74. The molecule has 21 heavy (non-hydrogen) atoms. The number of carboxylic acid groups (broad SMARTS) is 1. The molecule has 6 nitrogen and oxygen atoms in total. The Balaban J connectivity index is 1.97. The number of aliphatic carboxylic acids is 1. The molecule has 1 unspecified atom stereocenters. The van der Waals surface area contributed by atoms with Gasteiger partial charge in [-0.3, -0.25) is 9.78 Å². The lowest BCUT2D eigenvalue weighted by molar-refractivity contribution is -0.136. The molecule has 1 aromatic rings. The van der Waals surface area contributed by atoms with Gasteiger partial charge in [0.05, 0.1) is 24.0 Å². The van der Waals surface area contributed by atoms with Crippen LogP contribution in [0, 0.1) is 5.92 Å². The summed E-state index contributed by atoms with van der Waals surface area (Å²) in [5.41, 5.74) is 1.06. The number of hydrogen-bond donors (Lipinski definition) is 2. The van der Waals surface area contributed by atoms with Crippen LogP contribution in [0.2, 0.25) is 0 Å². The standard InChI is InChI=1S/C15H21N3O3/c1-10(2)13-4-3-7-18(13)15(21)17-12-6-5-11(16-9-12)8-14(19)20/h5-6,9-10,13H,3-4,7-8H2,1-2H3,(H,17,21)(H,19,20). The molecular formula is C15H21N3O3. The highest BCUT2D eigenvalue weighted by Gasteiger charge is 2.30. The van der Waals surface area contributed by atoms with Crippen LogP contribution in [0.25, 0.3) is 0 Å². The number of hydrogen-bond acceptors (Lipinski definition) is 3. The van der Waals surface area contributed by atoms with E-state index in [9.17, 15) is 9.59 Å². The zero-order chi connectivity index (χ0) is 15.4. The molecule has 114 valence electrons. The van der Waals surface area contributed by atoms with Crippen LogP contribution in [0.4, 0.5) is 10.5 Å². The summed E-state index contributed by atoms with van der Waals surface area (Å²) >= 11 is 0. The molecule has 0 bridgehead atoms. The minimum Gasteiger partial charge on any atom is -0.481 e. The highest BCUT2D eigenvalue weighted by molar-refractivity contribution is 5.89. The van der Waals surface area contributed by atoms with Gasteiger partial charge in [0, 0.05) is 12.6 Å². The van der Waals surface area contributed by atoms with Crippen molar-refractivity contribution >= 4 is 17.7 Å². The number of nitrogens with one attached hydrogen (secondary N) is 1. The van der Waals surface area contributed by atoms with E-state index >= 15 is 0 Å². The number of likely N-dealkylation sites (tertiary alicyclic amines) is 1. The van der Waals surface area contributed by atoms with Gasteiger partial charge < -0.3 is 15.3 Å². The smallest absolute Gasteiger partial charge is 0.322 e. The minimum absolute atomic E-state index is 0.112. The van der Waals surface area contributed by atoms with Crippen LogP contribution < -0.4 is 5.32 Å². The van der Waals surface area contributed by atoms with E-state index in [1.165, 1.54) is 6.20 Å². The van der Waals surface area contributed by atoms with Gasteiger partial charge in [0.25, 0.3) is 0 Å². The van der Waals surface area contributed by atoms with Crippen LogP contribution in [-0.4, -0.2) is 39.6 Å². The SMILES string of the molecule is CC(C)C1CCCN1C(=O)Nc1ccc(CC(=O)O)nc1. The Morgan fingerprint density at radius 3 is 2.81 bits per heavy atom. The average molecular weight is 291 g/mol. The molecule has 1 aliphatic heterocycles. The number of aromatic nitrogens is 1. The summed E-state index contributed by atoms with van der Waals surface area (Å²) in [7, 11) is 0. The van der Waals surface area contributed by atoms with Gasteiger partial charge in [-0.15, -0.1) is 0 Å². The fourth-order valence-corrected chi connectivity index (χ4v) is 2.69. The summed E-state index contributed by atoms with van der Waals surface area (Å²) in [6.07, 6.45) is 3.46.